The first-order valence-corrected chi connectivity index (χ1v) is 12.2. The van der Waals surface area contributed by atoms with Crippen LogP contribution in [-0.4, -0.2) is 71.3 Å². The van der Waals surface area contributed by atoms with Gasteiger partial charge in [-0.1, -0.05) is 0 Å². The lowest BCUT2D eigenvalue weighted by Crippen LogP contribution is -2.53. The second kappa shape index (κ2) is 9.47. The number of carbonyl (C=O) groups is 1. The molecule has 192 valence electrons. The van der Waals surface area contributed by atoms with Crippen molar-refractivity contribution in [2.75, 3.05) is 29.9 Å². The van der Waals surface area contributed by atoms with E-state index in [1.54, 1.807) is 10.7 Å². The van der Waals surface area contributed by atoms with Crippen LogP contribution >= 0.6 is 0 Å². The van der Waals surface area contributed by atoms with E-state index in [9.17, 15) is 9.90 Å². The number of benzene rings is 1. The topological polar surface area (TPSA) is 134 Å². The van der Waals surface area contributed by atoms with Gasteiger partial charge in [-0.25, -0.2) is 29.2 Å². The van der Waals surface area contributed by atoms with Crippen LogP contribution in [0.4, 0.5) is 22.1 Å². The number of hydrogen-bond acceptors (Lipinski definition) is 9. The van der Waals surface area contributed by atoms with Gasteiger partial charge in [0.05, 0.1) is 5.52 Å². The second-order valence-electron chi connectivity index (χ2n) is 9.16. The molecule has 4 aromatic heterocycles. The van der Waals surface area contributed by atoms with Crippen LogP contribution in [0.15, 0.2) is 61.3 Å². The molecule has 1 atom stereocenters. The summed E-state index contributed by atoms with van der Waals surface area (Å²) in [6, 6.07) is 13.3. The highest BCUT2D eigenvalue weighted by Gasteiger charge is 2.27. The monoisotopic (exact) mass is 511 g/mol. The van der Waals surface area contributed by atoms with Gasteiger partial charge in [-0.05, 0) is 55.8 Å². The highest BCUT2D eigenvalue weighted by molar-refractivity contribution is 5.88. The molecule has 0 saturated carbocycles. The zero-order valence-electron chi connectivity index (χ0n) is 20.8. The molecule has 1 fully saturated rings. The third-order valence-corrected chi connectivity index (χ3v) is 6.58. The summed E-state index contributed by atoms with van der Waals surface area (Å²) in [5.74, 6) is 2.74. The highest BCUT2D eigenvalue weighted by atomic mass is 16.5. The van der Waals surface area contributed by atoms with Gasteiger partial charge < -0.3 is 25.0 Å². The second-order valence-corrected chi connectivity index (χ2v) is 9.16. The number of hydrogen-bond donors (Lipinski definition) is 2. The lowest BCUT2D eigenvalue weighted by Gasteiger charge is -2.39. The van der Waals surface area contributed by atoms with Crippen LogP contribution in [0.5, 0.6) is 11.5 Å². The van der Waals surface area contributed by atoms with Crippen LogP contribution in [-0.2, 0) is 0 Å². The van der Waals surface area contributed by atoms with Crippen LogP contribution in [0.25, 0.3) is 16.7 Å². The molecule has 38 heavy (non-hydrogen) atoms. The molecule has 1 aliphatic heterocycles. The Morgan fingerprint density at radius 1 is 1.08 bits per heavy atom. The molecule has 2 N–H and O–H groups in total. The van der Waals surface area contributed by atoms with E-state index >= 15 is 0 Å². The average molecular weight is 512 g/mol. The molecule has 1 aliphatic rings. The van der Waals surface area contributed by atoms with Crippen LogP contribution in [0.3, 0.4) is 0 Å². The van der Waals surface area contributed by atoms with E-state index in [2.05, 4.69) is 30.3 Å². The molecule has 0 spiro atoms. The third kappa shape index (κ3) is 4.47. The first-order valence-electron chi connectivity index (χ1n) is 12.2. The maximum Gasteiger partial charge on any atom is 0.407 e. The Labute approximate surface area is 217 Å². The molecular formula is C26H25N9O3. The maximum absolute atomic E-state index is 11.4. The molecule has 6 rings (SSSR count). The predicted octanol–water partition coefficient (Wildman–Crippen LogP) is 4.10. The Kier molecular flexibility index (Phi) is 5.83. The third-order valence-electron chi connectivity index (χ3n) is 6.58. The number of fused-ring (bicyclic) bond motifs is 2. The normalized spacial score (nSPS) is 15.7. The summed E-state index contributed by atoms with van der Waals surface area (Å²) in [5.41, 5.74) is 3.83. The van der Waals surface area contributed by atoms with Crippen molar-refractivity contribution in [2.45, 2.75) is 19.9 Å². The molecule has 1 amide bonds. The number of aryl methyl sites for hydroxylation is 1. The number of rotatable bonds is 5. The molecule has 0 radical (unpaired) electrons. The Balaban J connectivity index is 1.23. The number of nitrogens with zero attached hydrogens (tertiary/aromatic N) is 8. The molecule has 1 aromatic carbocycles. The smallest absolute Gasteiger partial charge is 0.407 e. The van der Waals surface area contributed by atoms with Crippen molar-refractivity contribution in [3.63, 3.8) is 0 Å². The van der Waals surface area contributed by atoms with E-state index in [4.69, 9.17) is 9.72 Å². The first kappa shape index (κ1) is 23.4. The van der Waals surface area contributed by atoms with Gasteiger partial charge in [-0.3, -0.25) is 0 Å². The standard InChI is InChI=1S/C26H25N9O3/c1-16-11-18(3-5-21(16)38-19-7-8-35-23(12-19)28-15-30-35)31-25-24-20(27-14-29-25)4-6-22(32-24)34-10-9-33(26(36)37)13-17(34)2/h3-8,11-12,14-15,17H,9-10,13H2,1-2H3,(H,36,37)(H,27,29,31)/t17-/m1/s1. The molecule has 0 unspecified atom stereocenters. The number of amides is 1. The molecule has 5 aromatic rings. The SMILES string of the molecule is Cc1cc(Nc2ncnc3ccc(N4CCN(C(=O)O)C[C@H]4C)nc23)ccc1Oc1ccn2ncnc2c1. The van der Waals surface area contributed by atoms with Crippen molar-refractivity contribution in [3.05, 3.63) is 66.9 Å². The van der Waals surface area contributed by atoms with Gasteiger partial charge in [0.15, 0.2) is 11.5 Å². The molecular weight excluding hydrogens is 486 g/mol. The van der Waals surface area contributed by atoms with E-state index in [0.717, 1.165) is 22.8 Å². The Bertz CT molecular complexity index is 1650. The average Bonchev–Trinajstić information content (AvgIpc) is 3.38. The van der Waals surface area contributed by atoms with E-state index in [1.807, 2.05) is 56.3 Å². The molecule has 12 nitrogen and oxygen atoms in total. The number of carboxylic acid groups (broad SMARTS) is 1. The van der Waals surface area contributed by atoms with Gasteiger partial charge in [0.1, 0.15) is 35.5 Å². The minimum absolute atomic E-state index is 0.00787. The van der Waals surface area contributed by atoms with Crippen molar-refractivity contribution in [2.24, 2.45) is 0 Å². The quantitative estimate of drug-likeness (QED) is 0.355. The minimum Gasteiger partial charge on any atom is -0.465 e. The summed E-state index contributed by atoms with van der Waals surface area (Å²) >= 11 is 0. The summed E-state index contributed by atoms with van der Waals surface area (Å²) in [6.45, 7) is 5.39. The van der Waals surface area contributed by atoms with Gasteiger partial charge in [0.2, 0.25) is 0 Å². The number of piperazine rings is 1. The van der Waals surface area contributed by atoms with Crippen LogP contribution < -0.4 is 15.0 Å². The Hall–Kier alpha value is -5.00. The van der Waals surface area contributed by atoms with Crippen LogP contribution in [0.1, 0.15) is 12.5 Å². The zero-order valence-corrected chi connectivity index (χ0v) is 20.8. The molecule has 0 bridgehead atoms. The largest absolute Gasteiger partial charge is 0.465 e. The lowest BCUT2D eigenvalue weighted by molar-refractivity contribution is 0.136. The van der Waals surface area contributed by atoms with Crippen LogP contribution in [0.2, 0.25) is 0 Å². The predicted molar refractivity (Wildman–Crippen MR) is 141 cm³/mol. The summed E-state index contributed by atoms with van der Waals surface area (Å²) in [7, 11) is 0. The summed E-state index contributed by atoms with van der Waals surface area (Å²) in [5, 5.41) is 16.8. The van der Waals surface area contributed by atoms with Gasteiger partial charge in [-0.2, -0.15) is 5.10 Å². The van der Waals surface area contributed by atoms with Crippen molar-refractivity contribution >= 4 is 40.1 Å². The number of ether oxygens (including phenoxy) is 1. The first-order chi connectivity index (χ1) is 18.4. The Morgan fingerprint density at radius 3 is 2.79 bits per heavy atom. The van der Waals surface area contributed by atoms with E-state index in [0.29, 0.717) is 47.9 Å². The van der Waals surface area contributed by atoms with Crippen molar-refractivity contribution in [3.8, 4) is 11.5 Å². The van der Waals surface area contributed by atoms with Gasteiger partial charge >= 0.3 is 6.09 Å². The van der Waals surface area contributed by atoms with Crippen LogP contribution in [0, 0.1) is 6.92 Å². The maximum atomic E-state index is 11.4. The molecule has 5 heterocycles. The number of aromatic nitrogens is 6. The molecule has 1 saturated heterocycles. The number of pyridine rings is 2. The van der Waals surface area contributed by atoms with Gasteiger partial charge in [0.25, 0.3) is 0 Å². The van der Waals surface area contributed by atoms with E-state index in [1.165, 1.54) is 17.6 Å². The Morgan fingerprint density at radius 2 is 1.97 bits per heavy atom. The fourth-order valence-electron chi connectivity index (χ4n) is 4.62. The fraction of sp³-hybridized carbons (Fsp3) is 0.231. The molecule has 12 heteroatoms. The molecule has 0 aliphatic carbocycles. The van der Waals surface area contributed by atoms with Gasteiger partial charge in [0, 0.05) is 43.6 Å². The van der Waals surface area contributed by atoms with Crippen molar-refractivity contribution in [1.82, 2.24) is 34.4 Å². The van der Waals surface area contributed by atoms with Crippen molar-refractivity contribution in [1.29, 1.82) is 0 Å². The minimum atomic E-state index is -0.897. The fourth-order valence-corrected chi connectivity index (χ4v) is 4.62. The van der Waals surface area contributed by atoms with Crippen molar-refractivity contribution < 1.29 is 14.6 Å². The number of anilines is 3. The van der Waals surface area contributed by atoms with E-state index in [-0.39, 0.29) is 6.04 Å². The lowest BCUT2D eigenvalue weighted by atomic mass is 10.2. The number of nitrogens with one attached hydrogen (secondary N) is 1. The highest BCUT2D eigenvalue weighted by Crippen LogP contribution is 2.30. The summed E-state index contributed by atoms with van der Waals surface area (Å²) < 4.78 is 7.76. The summed E-state index contributed by atoms with van der Waals surface area (Å²) in [6.07, 6.45) is 3.91. The zero-order chi connectivity index (χ0) is 26.2. The van der Waals surface area contributed by atoms with Gasteiger partial charge in [-0.15, -0.1) is 0 Å². The summed E-state index contributed by atoms with van der Waals surface area (Å²) in [4.78, 5) is 32.8. The van der Waals surface area contributed by atoms with E-state index < -0.39 is 6.09 Å².